The molecule has 6 fully saturated rings. The molecular weight excluding hydrogens is 1810 g/mol. The largest absolute Gasteiger partial charge is 0.478 e. The molecule has 0 aliphatic carbocycles. The molecule has 0 aromatic rings. The van der Waals surface area contributed by atoms with Crippen molar-refractivity contribution in [2.45, 2.75) is 202 Å². The second-order valence-corrected chi connectivity index (χ2v) is 52.9. The summed E-state index contributed by atoms with van der Waals surface area (Å²) in [6, 6.07) is -5.10. The maximum absolute atomic E-state index is 13.5. The summed E-state index contributed by atoms with van der Waals surface area (Å²) in [6.07, 6.45) is -14.9. The molecule has 6 saturated heterocycles. The fraction of sp³-hybridized carbons (Fsp3) is 0.625. The first-order chi connectivity index (χ1) is 58.3. The molecule has 16 N–H and O–H groups in total. The van der Waals surface area contributed by atoms with E-state index < -0.39 is 467 Å². The molecule has 0 unspecified atom stereocenters. The lowest BCUT2D eigenvalue weighted by Gasteiger charge is -2.63. The van der Waals surface area contributed by atoms with E-state index in [1.807, 2.05) is 0 Å². The number of carbonyl (C=O) groups is 24. The van der Waals surface area contributed by atoms with Crippen molar-refractivity contribution in [1.82, 2.24) is 42.5 Å². The topological polar surface area (TPSA) is 779 Å². The molecule has 6 rings (SSSR count). The third kappa shape index (κ3) is 35.3. The summed E-state index contributed by atoms with van der Waals surface area (Å²) in [5.41, 5.74) is 0. The van der Waals surface area contributed by atoms with Crippen LogP contribution in [0.1, 0.15) is 154 Å². The van der Waals surface area contributed by atoms with Crippen LogP contribution in [0.15, 0.2) is 0 Å². The Morgan fingerprint density at radius 1 is 0.153 bits per heavy atom. The Bertz CT molecular complexity index is 3280. The van der Waals surface area contributed by atoms with E-state index in [1.54, 1.807) is 0 Å². The molecule has 8 amide bonds. The minimum atomic E-state index is -5.51. The molecule has 52 nitrogen and oxygen atoms in total. The van der Waals surface area contributed by atoms with Gasteiger partial charge in [0, 0.05) is 203 Å². The predicted octanol–water partition coefficient (Wildman–Crippen LogP) is -4.71. The van der Waals surface area contributed by atoms with E-state index in [2.05, 4.69) is 42.5 Å². The lowest BCUT2D eigenvalue weighted by Crippen LogP contribution is -2.88. The van der Waals surface area contributed by atoms with Gasteiger partial charge < -0.3 is 133 Å². The highest BCUT2D eigenvalue weighted by atomic mass is 28.6. The number of Topliss-reactive ketones (excluding diaryl/α,β-unsaturated/α-hetero) is 8. The Morgan fingerprint density at radius 3 is 0.323 bits per heavy atom. The maximum Gasteiger partial charge on any atom is 0.478 e. The highest BCUT2D eigenvalue weighted by molar-refractivity contribution is 7.03. The first-order valence-corrected chi connectivity index (χ1v) is 54.4. The molecule has 0 atom stereocenters. The summed E-state index contributed by atoms with van der Waals surface area (Å²) >= 11 is 0. The van der Waals surface area contributed by atoms with Gasteiger partial charge in [-0.25, -0.2) is 38.4 Å². The average Bonchev–Trinajstić information content (AvgIpc) is 0.686. The van der Waals surface area contributed by atoms with Crippen LogP contribution in [0.2, 0.25) is 48.4 Å². The van der Waals surface area contributed by atoms with E-state index in [0.717, 1.165) is 0 Å². The molecule has 0 aromatic carbocycles. The first kappa shape index (κ1) is 105. The number of carboxylic acid groups (broad SMARTS) is 8. The number of hydrogen-bond acceptors (Lipinski definition) is 36. The van der Waals surface area contributed by atoms with Crippen molar-refractivity contribution < 1.29 is 205 Å². The highest BCUT2D eigenvalue weighted by Crippen LogP contribution is 2.55. The van der Waals surface area contributed by atoms with Crippen LogP contribution >= 0.6 is 0 Å². The molecule has 6 aliphatic rings. The Labute approximate surface area is 711 Å². The van der Waals surface area contributed by atoms with E-state index in [9.17, 15) is 156 Å². The van der Waals surface area contributed by atoms with Crippen molar-refractivity contribution in [3.63, 3.8) is 0 Å². The zero-order valence-corrected chi connectivity index (χ0v) is 74.6. The second-order valence-electron chi connectivity index (χ2n) is 28.1. The summed E-state index contributed by atoms with van der Waals surface area (Å²) in [7, 11) is -44.1. The van der Waals surface area contributed by atoms with Gasteiger partial charge in [-0.15, -0.1) is 0 Å². The van der Waals surface area contributed by atoms with Crippen LogP contribution in [0.4, 0.5) is 0 Å². The summed E-state index contributed by atoms with van der Waals surface area (Å²) < 4.78 is 91.6. The third-order valence-corrected chi connectivity index (χ3v) is 55.7. The maximum atomic E-state index is 13.5. The van der Waals surface area contributed by atoms with E-state index >= 15 is 0 Å². The Balaban J connectivity index is 1.97. The lowest BCUT2D eigenvalue weighted by atomic mass is 10.2. The summed E-state index contributed by atoms with van der Waals surface area (Å²) in [6.45, 7) is -3.67. The van der Waals surface area contributed by atoms with Crippen molar-refractivity contribution in [1.29, 1.82) is 0 Å². The van der Waals surface area contributed by atoms with E-state index in [0.29, 0.717) is 0 Å². The zero-order valence-electron chi connectivity index (χ0n) is 66.6. The van der Waals surface area contributed by atoms with Gasteiger partial charge in [-0.1, -0.05) is 0 Å². The molecule has 688 valence electrons. The van der Waals surface area contributed by atoms with Gasteiger partial charge in [-0.3, -0.25) is 76.7 Å². The van der Waals surface area contributed by atoms with Crippen LogP contribution in [0.25, 0.3) is 0 Å². The van der Waals surface area contributed by atoms with Gasteiger partial charge in [0.2, 0.25) is 93.5 Å². The Kier molecular flexibility index (Phi) is 41.5. The molecule has 6 aliphatic heterocycles. The van der Waals surface area contributed by atoms with Crippen LogP contribution in [0.3, 0.4) is 0 Å². The molecule has 0 aromatic heterocycles. The van der Waals surface area contributed by atoms with Crippen LogP contribution in [0, 0.1) is 0 Å². The summed E-state index contributed by atoms with van der Waals surface area (Å²) in [4.78, 5) is 298. The monoisotopic (exact) mass is 1900 g/mol. The zero-order chi connectivity index (χ0) is 92.3. The number of rotatable bonds is 64. The minimum absolute atomic E-state index is 0.390. The SMILES string of the molecule is O=C(CCC(=O)C(=O)O)NCCC[Si]12O[Si]3(CCCNC(=O)CCC(=O)C(=O)O)O[Si]4(CCCNC(=O)CCC(=O)C(=O)O)O[Si](CCCNC(=O)CCC(=O)C(=O)O)(O1)O[Si]1(CCCNC(=O)CCC(=O)C(=O)O)O[Si](CCCNC(=O)CCC(=O)C(=O)O)(O2)O[Si](CCCNC(=O)CCC(=O)C(=O)O)(O3)O[Si](CCCNC(=O)CCC(=O)C(=O)O)(O4)O1. The van der Waals surface area contributed by atoms with E-state index in [-0.39, 0.29) is 0 Å². The Hall–Kier alpha value is -9.86. The molecule has 60 heteroatoms. The number of ketones is 8. The van der Waals surface area contributed by atoms with Crippen LogP contribution in [-0.4, -0.2) is 305 Å². The van der Waals surface area contributed by atoms with Crippen molar-refractivity contribution in [3.05, 3.63) is 0 Å². The first-order valence-electron chi connectivity index (χ1n) is 38.9. The fourth-order valence-electron chi connectivity index (χ4n) is 12.2. The van der Waals surface area contributed by atoms with Crippen LogP contribution in [-0.2, 0) is 164 Å². The van der Waals surface area contributed by atoms with Gasteiger partial charge in [0.15, 0.2) is 0 Å². The number of aliphatic carboxylic acids is 8. The van der Waals surface area contributed by atoms with Gasteiger partial charge in [-0.05, 0) is 51.4 Å². The normalized spacial score (nSPS) is 23.1. The number of carboxylic acids is 8. The molecule has 6 heterocycles. The van der Waals surface area contributed by atoms with Gasteiger partial charge in [0.05, 0.1) is 0 Å². The van der Waals surface area contributed by atoms with E-state index in [1.165, 1.54) is 0 Å². The molecular formula is C64H96N8O44Si8. The molecule has 124 heavy (non-hydrogen) atoms. The molecule has 0 radical (unpaired) electrons. The smallest absolute Gasteiger partial charge is 0.476 e. The van der Waals surface area contributed by atoms with Crippen LogP contribution < -0.4 is 42.5 Å². The quantitative estimate of drug-likeness (QED) is 0.0155. The number of amides is 8. The number of hydrogen-bond donors (Lipinski definition) is 16. The fourth-order valence-corrected chi connectivity index (χ4v) is 62.6. The van der Waals surface area contributed by atoms with E-state index in [4.69, 9.17) is 49.4 Å². The van der Waals surface area contributed by atoms with Gasteiger partial charge in [0.25, 0.3) is 0 Å². The standard InChI is InChI=1S/C64H96N8O44Si8/c73-41(57(89)90)9-17-49(81)65-25-1-33-117-105-118(34-2-26-66-50(82)18-10-42(74)58(91)92)108-121(37-5-29-69-53(85)21-13-45(77)61(97)98)110-119(106-117,35-3-27-67-51(83)19-11-43(75)59(93)94)112-123(39-7-31-71-55(87)23-15-47(79)63(101)102)113-120(107-117,36-4-28-68-52(84)20-12-44(76)60(95)96)111-122(109-118,38-6-30-70-54(86)22-14-46(78)62(99)100)115-124(114-121,116-123)40-8-32-72-56(88)24-16-48(80)64(103)104/h1-40H2,(H,65,81)(H,66,82)(H,67,83)(H,68,84)(H,69,85)(H,70,86)(H,71,87)(H,72,88)(H,89,90)(H,91,92)(H,93,94)(H,95,96)(H,97,98)(H,99,100)(H,101,102)(H,103,104). The summed E-state index contributed by atoms with van der Waals surface area (Å²) in [5, 5.41) is 94.9. The lowest BCUT2D eigenvalue weighted by molar-refractivity contribution is -0.149. The van der Waals surface area contributed by atoms with Crippen molar-refractivity contribution in [3.8, 4) is 0 Å². The predicted molar refractivity (Wildman–Crippen MR) is 414 cm³/mol. The van der Waals surface area contributed by atoms with Gasteiger partial charge >= 0.3 is 118 Å². The van der Waals surface area contributed by atoms with Crippen LogP contribution in [0.5, 0.6) is 0 Å². The molecule has 0 spiro atoms. The van der Waals surface area contributed by atoms with Crippen molar-refractivity contribution in [2.75, 3.05) is 52.4 Å². The average molecular weight is 1910 g/mol. The highest BCUT2D eigenvalue weighted by Gasteiger charge is 2.83. The van der Waals surface area contributed by atoms with Crippen molar-refractivity contribution in [2.24, 2.45) is 0 Å². The molecule has 0 saturated carbocycles. The Morgan fingerprint density at radius 2 is 0.242 bits per heavy atom. The second kappa shape index (κ2) is 49.1. The molecule has 8 bridgehead atoms. The van der Waals surface area contributed by atoms with Gasteiger partial charge in [0.1, 0.15) is 0 Å². The third-order valence-electron chi connectivity index (χ3n) is 18.1. The number of carbonyl (C=O) groups excluding carboxylic acids is 16. The van der Waals surface area contributed by atoms with Gasteiger partial charge in [-0.2, -0.15) is 0 Å². The minimum Gasteiger partial charge on any atom is -0.476 e. The summed E-state index contributed by atoms with van der Waals surface area (Å²) in [5.74, 6) is -32.8. The number of nitrogens with one attached hydrogen (secondary N) is 8. The van der Waals surface area contributed by atoms with Crippen molar-refractivity contribution >= 4 is 212 Å².